The smallest absolute Gasteiger partial charge is 0.123 e. The molecule has 0 spiro atoms. The Morgan fingerprint density at radius 1 is 0.952 bits per heavy atom. The van der Waals surface area contributed by atoms with Gasteiger partial charge in [-0.2, -0.15) is 0 Å². The first-order chi connectivity index (χ1) is 10.1. The molecule has 0 amide bonds. The molecule has 0 radical (unpaired) electrons. The zero-order chi connectivity index (χ0) is 15.2. The molecule has 1 nitrogen and oxygen atoms in total. The molecule has 0 aliphatic rings. The number of alkyl halides is 1. The summed E-state index contributed by atoms with van der Waals surface area (Å²) in [6, 6.07) is 15.0. The van der Waals surface area contributed by atoms with Crippen LogP contribution in [0.15, 0.2) is 42.5 Å². The zero-order valence-corrected chi connectivity index (χ0v) is 13.8. The molecular weight excluding hydrogens is 280 g/mol. The predicted octanol–water partition coefficient (Wildman–Crippen LogP) is 5.37. The van der Waals surface area contributed by atoms with E-state index >= 15 is 0 Å². The number of hydrogen-bond acceptors (Lipinski definition) is 1. The minimum absolute atomic E-state index is 0.174. The fourth-order valence-electron chi connectivity index (χ4n) is 2.34. The molecular formula is C19H23ClO. The average Bonchev–Trinajstić information content (AvgIpc) is 2.49. The van der Waals surface area contributed by atoms with Crippen LogP contribution in [-0.4, -0.2) is 6.10 Å². The molecule has 0 fully saturated rings. The van der Waals surface area contributed by atoms with Crippen LogP contribution in [0.3, 0.4) is 0 Å². The van der Waals surface area contributed by atoms with Crippen LogP contribution in [0.4, 0.5) is 0 Å². The molecule has 0 aromatic heterocycles. The molecule has 0 aliphatic carbocycles. The highest BCUT2D eigenvalue weighted by atomic mass is 35.5. The average molecular weight is 303 g/mol. The summed E-state index contributed by atoms with van der Waals surface area (Å²) >= 11 is 5.96. The fourth-order valence-corrected chi connectivity index (χ4v) is 2.50. The molecule has 0 N–H and O–H groups in total. The van der Waals surface area contributed by atoms with Crippen molar-refractivity contribution >= 4 is 11.6 Å². The third-order valence-electron chi connectivity index (χ3n) is 3.47. The topological polar surface area (TPSA) is 9.23 Å². The van der Waals surface area contributed by atoms with Gasteiger partial charge < -0.3 is 4.74 Å². The second-order valence-corrected chi connectivity index (χ2v) is 5.86. The third kappa shape index (κ3) is 4.50. The minimum Gasteiger partial charge on any atom is -0.491 e. The molecule has 0 atom stereocenters. The molecule has 2 aromatic rings. The molecule has 2 heteroatoms. The molecule has 2 rings (SSSR count). The maximum absolute atomic E-state index is 5.96. The Balaban J connectivity index is 2.26. The van der Waals surface area contributed by atoms with E-state index in [1.807, 2.05) is 12.1 Å². The van der Waals surface area contributed by atoms with E-state index < -0.39 is 0 Å². The van der Waals surface area contributed by atoms with Gasteiger partial charge in [0, 0.05) is 12.3 Å². The fraction of sp³-hybridized carbons (Fsp3) is 0.368. The standard InChI is InChI=1S/C19H23ClO/c1-4-15-5-7-16(8-6-15)11-18-12-17(13-20)9-10-19(18)21-14(2)3/h5-10,12,14H,4,11,13H2,1-3H3. The zero-order valence-electron chi connectivity index (χ0n) is 13.0. The predicted molar refractivity (Wildman–Crippen MR) is 90.4 cm³/mol. The highest BCUT2D eigenvalue weighted by Gasteiger charge is 2.08. The highest BCUT2D eigenvalue weighted by molar-refractivity contribution is 6.17. The maximum Gasteiger partial charge on any atom is 0.123 e. The van der Waals surface area contributed by atoms with Crippen molar-refractivity contribution in [2.75, 3.05) is 0 Å². The normalized spacial score (nSPS) is 10.9. The number of ether oxygens (including phenoxy) is 1. The molecule has 0 saturated carbocycles. The van der Waals surface area contributed by atoms with E-state index in [1.54, 1.807) is 0 Å². The molecule has 2 aromatic carbocycles. The van der Waals surface area contributed by atoms with Gasteiger partial charge in [0.1, 0.15) is 5.75 Å². The monoisotopic (exact) mass is 302 g/mol. The summed E-state index contributed by atoms with van der Waals surface area (Å²) in [6.45, 7) is 6.28. The first-order valence-corrected chi connectivity index (χ1v) is 8.08. The largest absolute Gasteiger partial charge is 0.491 e. The van der Waals surface area contributed by atoms with Gasteiger partial charge in [-0.1, -0.05) is 43.3 Å². The second-order valence-electron chi connectivity index (χ2n) is 5.59. The van der Waals surface area contributed by atoms with Crippen LogP contribution < -0.4 is 4.74 Å². The molecule has 0 heterocycles. The van der Waals surface area contributed by atoms with E-state index in [-0.39, 0.29) is 6.10 Å². The van der Waals surface area contributed by atoms with Crippen LogP contribution in [-0.2, 0) is 18.7 Å². The van der Waals surface area contributed by atoms with E-state index in [0.29, 0.717) is 5.88 Å². The summed E-state index contributed by atoms with van der Waals surface area (Å²) in [7, 11) is 0. The van der Waals surface area contributed by atoms with E-state index in [2.05, 4.69) is 51.1 Å². The van der Waals surface area contributed by atoms with Crippen LogP contribution in [0.5, 0.6) is 5.75 Å². The molecule has 0 bridgehead atoms. The van der Waals surface area contributed by atoms with Crippen LogP contribution in [0, 0.1) is 0 Å². The summed E-state index contributed by atoms with van der Waals surface area (Å²) in [6.07, 6.45) is 2.12. The van der Waals surface area contributed by atoms with Gasteiger partial charge >= 0.3 is 0 Å². The summed E-state index contributed by atoms with van der Waals surface area (Å²) in [4.78, 5) is 0. The molecule has 21 heavy (non-hydrogen) atoms. The summed E-state index contributed by atoms with van der Waals surface area (Å²) in [5.41, 5.74) is 5.00. The third-order valence-corrected chi connectivity index (χ3v) is 3.78. The number of halogens is 1. The van der Waals surface area contributed by atoms with E-state index in [4.69, 9.17) is 16.3 Å². The van der Waals surface area contributed by atoms with Crippen molar-refractivity contribution in [2.24, 2.45) is 0 Å². The van der Waals surface area contributed by atoms with Crippen molar-refractivity contribution in [3.63, 3.8) is 0 Å². The van der Waals surface area contributed by atoms with Crippen LogP contribution in [0.2, 0.25) is 0 Å². The van der Waals surface area contributed by atoms with Crippen molar-refractivity contribution in [3.8, 4) is 5.75 Å². The second kappa shape index (κ2) is 7.51. The molecule has 0 aliphatic heterocycles. The SMILES string of the molecule is CCc1ccc(Cc2cc(CCl)ccc2OC(C)C)cc1. The van der Waals surface area contributed by atoms with Crippen molar-refractivity contribution in [2.45, 2.75) is 45.6 Å². The van der Waals surface area contributed by atoms with Crippen molar-refractivity contribution in [1.82, 2.24) is 0 Å². The Hall–Kier alpha value is -1.47. The molecule has 0 saturated heterocycles. The summed E-state index contributed by atoms with van der Waals surface area (Å²) in [5.74, 6) is 1.49. The molecule has 0 unspecified atom stereocenters. The van der Waals surface area contributed by atoms with Gasteiger partial charge in [0.25, 0.3) is 0 Å². The number of aryl methyl sites for hydroxylation is 1. The van der Waals surface area contributed by atoms with Gasteiger partial charge in [0.05, 0.1) is 6.10 Å². The summed E-state index contributed by atoms with van der Waals surface area (Å²) in [5, 5.41) is 0. The lowest BCUT2D eigenvalue weighted by Crippen LogP contribution is -2.08. The van der Waals surface area contributed by atoms with Gasteiger partial charge in [-0.05, 0) is 48.6 Å². The minimum atomic E-state index is 0.174. The van der Waals surface area contributed by atoms with Gasteiger partial charge in [-0.15, -0.1) is 11.6 Å². The quantitative estimate of drug-likeness (QED) is 0.652. The van der Waals surface area contributed by atoms with Gasteiger partial charge in [-0.25, -0.2) is 0 Å². The Morgan fingerprint density at radius 2 is 1.57 bits per heavy atom. The summed E-state index contributed by atoms with van der Waals surface area (Å²) < 4.78 is 5.92. The van der Waals surface area contributed by atoms with Crippen LogP contribution in [0.1, 0.15) is 43.0 Å². The first kappa shape index (κ1) is 15.9. The van der Waals surface area contributed by atoms with Crippen LogP contribution >= 0.6 is 11.6 Å². The maximum atomic E-state index is 5.96. The Labute approximate surface area is 132 Å². The number of hydrogen-bond donors (Lipinski definition) is 0. The number of benzene rings is 2. The van der Waals surface area contributed by atoms with Gasteiger partial charge in [0.2, 0.25) is 0 Å². The van der Waals surface area contributed by atoms with E-state index in [9.17, 15) is 0 Å². The lowest BCUT2D eigenvalue weighted by atomic mass is 10.0. The first-order valence-electron chi connectivity index (χ1n) is 7.54. The van der Waals surface area contributed by atoms with E-state index in [1.165, 1.54) is 16.7 Å². The van der Waals surface area contributed by atoms with Crippen molar-refractivity contribution < 1.29 is 4.74 Å². The Kier molecular flexibility index (Phi) is 5.69. The van der Waals surface area contributed by atoms with Gasteiger partial charge in [0.15, 0.2) is 0 Å². The van der Waals surface area contributed by atoms with Crippen LogP contribution in [0.25, 0.3) is 0 Å². The highest BCUT2D eigenvalue weighted by Crippen LogP contribution is 2.25. The lowest BCUT2D eigenvalue weighted by Gasteiger charge is -2.15. The Bertz CT molecular complexity index is 573. The number of rotatable bonds is 6. The van der Waals surface area contributed by atoms with Crippen molar-refractivity contribution in [1.29, 1.82) is 0 Å². The Morgan fingerprint density at radius 3 is 2.14 bits per heavy atom. The lowest BCUT2D eigenvalue weighted by molar-refractivity contribution is 0.240. The van der Waals surface area contributed by atoms with E-state index in [0.717, 1.165) is 24.2 Å². The molecule has 112 valence electrons. The van der Waals surface area contributed by atoms with Crippen molar-refractivity contribution in [3.05, 3.63) is 64.7 Å². The van der Waals surface area contributed by atoms with Gasteiger partial charge in [-0.3, -0.25) is 0 Å².